The van der Waals surface area contributed by atoms with Crippen molar-refractivity contribution in [2.24, 2.45) is 0 Å². The molecule has 0 fully saturated rings. The first-order chi connectivity index (χ1) is 4.64. The van der Waals surface area contributed by atoms with Crippen LogP contribution >= 0.6 is 0 Å². The van der Waals surface area contributed by atoms with Gasteiger partial charge >= 0.3 is 0 Å². The fourth-order valence-corrected chi connectivity index (χ4v) is 0. The highest BCUT2D eigenvalue weighted by molar-refractivity contribution is 7.89. The summed E-state index contributed by atoms with van der Waals surface area (Å²) in [5.41, 5.74) is 0. The van der Waals surface area contributed by atoms with Crippen molar-refractivity contribution in [2.75, 3.05) is 26.6 Å². The zero-order chi connectivity index (χ0) is 9.65. The molecule has 4 nitrogen and oxygen atoms in total. The van der Waals surface area contributed by atoms with E-state index in [1.807, 2.05) is 0 Å². The maximum atomic E-state index is 10.1. The molecular weight excluding hydrogens is 166 g/mol. The lowest BCUT2D eigenvalue weighted by Gasteiger charge is -2.02. The average molecular weight is 181 g/mol. The van der Waals surface area contributed by atoms with Gasteiger partial charge in [0.05, 0.1) is 0 Å². The summed E-state index contributed by atoms with van der Waals surface area (Å²) in [4.78, 5) is 11.6. The van der Waals surface area contributed by atoms with Crippen molar-refractivity contribution in [3.8, 4) is 0 Å². The number of carbonyl (C=O) groups excluding carboxylic acids is 1. The molecule has 0 spiro atoms. The molecule has 0 unspecified atom stereocenters. The van der Waals surface area contributed by atoms with Gasteiger partial charge in [0, 0.05) is 33.5 Å². The first-order valence-electron chi connectivity index (χ1n) is 2.97. The number of nitrogens with zero attached hydrogens (tertiary/aromatic N) is 1. The molecule has 0 atom stereocenters. The second-order valence-electron chi connectivity index (χ2n) is 2.56. The maximum absolute atomic E-state index is 10.1. The molecule has 68 valence electrons. The smallest absolute Gasteiger partial charge is 0.218 e. The third-order valence-electron chi connectivity index (χ3n) is 0.630. The fourth-order valence-electron chi connectivity index (χ4n) is 0. The molecule has 0 aliphatic carbocycles. The van der Waals surface area contributed by atoms with Crippen molar-refractivity contribution in [2.45, 2.75) is 6.92 Å². The zero-order valence-electron chi connectivity index (χ0n) is 7.58. The Bertz CT molecular complexity index is 198. The quantitative estimate of drug-likeness (QED) is 0.518. The topological polar surface area (TPSA) is 54.5 Å². The van der Waals surface area contributed by atoms with E-state index in [9.17, 15) is 13.2 Å². The Morgan fingerprint density at radius 1 is 1.18 bits per heavy atom. The molecule has 0 heterocycles. The van der Waals surface area contributed by atoms with Crippen LogP contribution in [0.25, 0.3) is 0 Å². The predicted molar refractivity (Wildman–Crippen MR) is 45.1 cm³/mol. The van der Waals surface area contributed by atoms with Crippen molar-refractivity contribution in [1.82, 2.24) is 4.90 Å². The summed E-state index contributed by atoms with van der Waals surface area (Å²) < 4.78 is 19.3. The van der Waals surface area contributed by atoms with Gasteiger partial charge in [-0.15, -0.1) is 0 Å². The summed E-state index contributed by atoms with van der Waals surface area (Å²) in [6.07, 6.45) is 2.32. The Hall–Kier alpha value is -0.580. The van der Waals surface area contributed by atoms with Gasteiger partial charge in [0.15, 0.2) is 0 Å². The van der Waals surface area contributed by atoms with E-state index in [1.54, 1.807) is 14.1 Å². The molecule has 0 saturated heterocycles. The van der Waals surface area contributed by atoms with Crippen molar-refractivity contribution in [3.05, 3.63) is 0 Å². The highest BCUT2D eigenvalue weighted by Gasteiger charge is 1.87. The number of hydrogen-bond acceptors (Lipinski definition) is 3. The van der Waals surface area contributed by atoms with Crippen LogP contribution in [0.3, 0.4) is 0 Å². The maximum Gasteiger partial charge on any atom is 0.218 e. The Balaban J connectivity index is 0. The lowest BCUT2D eigenvalue weighted by molar-refractivity contribution is -0.126. The van der Waals surface area contributed by atoms with Gasteiger partial charge < -0.3 is 4.90 Å². The van der Waals surface area contributed by atoms with Gasteiger partial charge in [0.25, 0.3) is 0 Å². The van der Waals surface area contributed by atoms with E-state index in [1.165, 1.54) is 11.8 Å². The molecule has 0 bridgehead atoms. The standard InChI is InChI=1S/C4H9NO.C2H6O2S/c1-4(6)5(2)3;1-5(2,3)4/h1-3H3;1-2H3. The van der Waals surface area contributed by atoms with Gasteiger partial charge in [-0.3, -0.25) is 4.79 Å². The van der Waals surface area contributed by atoms with E-state index in [-0.39, 0.29) is 5.91 Å². The molecule has 0 saturated carbocycles. The van der Waals surface area contributed by atoms with E-state index >= 15 is 0 Å². The number of hydrogen-bond donors (Lipinski definition) is 0. The normalized spacial score (nSPS) is 9.55. The highest BCUT2D eigenvalue weighted by atomic mass is 32.2. The van der Waals surface area contributed by atoms with E-state index in [0.29, 0.717) is 0 Å². The van der Waals surface area contributed by atoms with Crippen LogP contribution in [0.1, 0.15) is 6.92 Å². The summed E-state index contributed by atoms with van der Waals surface area (Å²) >= 11 is 0. The lowest BCUT2D eigenvalue weighted by atomic mass is 10.7. The molecule has 0 aliphatic heterocycles. The second kappa shape index (κ2) is 5.12. The third kappa shape index (κ3) is 44.3. The summed E-state index contributed by atoms with van der Waals surface area (Å²) in [5.74, 6) is 0.0926. The summed E-state index contributed by atoms with van der Waals surface area (Å²) in [6, 6.07) is 0. The number of rotatable bonds is 0. The van der Waals surface area contributed by atoms with Gasteiger partial charge in [-0.1, -0.05) is 0 Å². The largest absolute Gasteiger partial charge is 0.349 e. The molecule has 0 radical (unpaired) electrons. The minimum atomic E-state index is -2.67. The van der Waals surface area contributed by atoms with Crippen LogP contribution in [0, 0.1) is 0 Å². The van der Waals surface area contributed by atoms with E-state index < -0.39 is 9.84 Å². The first-order valence-corrected chi connectivity index (χ1v) is 5.27. The van der Waals surface area contributed by atoms with Gasteiger partial charge in [-0.25, -0.2) is 8.42 Å². The molecule has 11 heavy (non-hydrogen) atoms. The van der Waals surface area contributed by atoms with Crippen LogP contribution in [0.5, 0.6) is 0 Å². The van der Waals surface area contributed by atoms with Gasteiger partial charge in [0.1, 0.15) is 9.84 Å². The number of amides is 1. The fraction of sp³-hybridized carbons (Fsp3) is 0.833. The van der Waals surface area contributed by atoms with Crippen molar-refractivity contribution < 1.29 is 13.2 Å². The van der Waals surface area contributed by atoms with Crippen LogP contribution in [-0.4, -0.2) is 45.8 Å². The summed E-state index contributed by atoms with van der Waals surface area (Å²) in [6.45, 7) is 1.53. The van der Waals surface area contributed by atoms with Gasteiger partial charge in [-0.2, -0.15) is 0 Å². The zero-order valence-corrected chi connectivity index (χ0v) is 8.40. The van der Waals surface area contributed by atoms with Gasteiger partial charge in [0.2, 0.25) is 5.91 Å². The van der Waals surface area contributed by atoms with Crippen molar-refractivity contribution in [1.29, 1.82) is 0 Å². The molecule has 0 aromatic carbocycles. The molecule has 0 aliphatic rings. The predicted octanol–water partition coefficient (Wildman–Crippen LogP) is -0.245. The van der Waals surface area contributed by atoms with Crippen LogP contribution < -0.4 is 0 Å². The average Bonchev–Trinajstić information content (AvgIpc) is 1.59. The summed E-state index contributed by atoms with van der Waals surface area (Å²) in [7, 11) is 0.782. The van der Waals surface area contributed by atoms with Crippen LogP contribution in [0.4, 0.5) is 0 Å². The highest BCUT2D eigenvalue weighted by Crippen LogP contribution is 1.69. The Labute approximate surface area is 68.1 Å². The molecular formula is C6H15NO3S. The van der Waals surface area contributed by atoms with Crippen LogP contribution in [-0.2, 0) is 14.6 Å². The Kier molecular flexibility index (Phi) is 6.07. The minimum Gasteiger partial charge on any atom is -0.349 e. The van der Waals surface area contributed by atoms with Crippen molar-refractivity contribution >= 4 is 15.7 Å². The van der Waals surface area contributed by atoms with E-state index in [0.717, 1.165) is 12.5 Å². The Morgan fingerprint density at radius 3 is 1.27 bits per heavy atom. The SMILES string of the molecule is CC(=O)N(C)C.CS(C)(=O)=O. The molecule has 1 amide bonds. The second-order valence-corrected chi connectivity index (χ2v) is 4.84. The lowest BCUT2D eigenvalue weighted by Crippen LogP contribution is -2.17. The van der Waals surface area contributed by atoms with E-state index in [4.69, 9.17) is 0 Å². The molecule has 0 aromatic heterocycles. The molecule has 5 heteroatoms. The van der Waals surface area contributed by atoms with Gasteiger partial charge in [-0.05, 0) is 0 Å². The Morgan fingerprint density at radius 2 is 1.27 bits per heavy atom. The molecule has 0 N–H and O–H groups in total. The van der Waals surface area contributed by atoms with E-state index in [2.05, 4.69) is 0 Å². The number of carbonyl (C=O) groups is 1. The van der Waals surface area contributed by atoms with Crippen LogP contribution in [0.2, 0.25) is 0 Å². The third-order valence-corrected chi connectivity index (χ3v) is 0.630. The van der Waals surface area contributed by atoms with Crippen molar-refractivity contribution in [3.63, 3.8) is 0 Å². The molecule has 0 aromatic rings. The first kappa shape index (κ1) is 13.0. The summed E-state index contributed by atoms with van der Waals surface area (Å²) in [5, 5.41) is 0. The number of sulfone groups is 1. The minimum absolute atomic E-state index is 0.0926. The molecule has 0 rings (SSSR count). The van der Waals surface area contributed by atoms with Crippen LogP contribution in [0.15, 0.2) is 0 Å². The monoisotopic (exact) mass is 181 g/mol.